The highest BCUT2D eigenvalue weighted by atomic mass is 35.5. The molecule has 11 nitrogen and oxygen atoms in total. The number of aromatic nitrogens is 4. The van der Waals surface area contributed by atoms with Crippen LogP contribution in [0.1, 0.15) is 37.7 Å². The maximum Gasteiger partial charge on any atom is 0.356 e. The van der Waals surface area contributed by atoms with Crippen molar-refractivity contribution in [3.05, 3.63) is 51.5 Å². The van der Waals surface area contributed by atoms with Crippen LogP contribution >= 0.6 is 19.2 Å². The maximum atomic E-state index is 13.5. The number of rotatable bonds is 12. The van der Waals surface area contributed by atoms with Gasteiger partial charge in [-0.25, -0.2) is 4.98 Å². The summed E-state index contributed by atoms with van der Waals surface area (Å²) in [6, 6.07) is 6.97. The number of carbonyl (C=O) groups is 1. The molecular weight excluding hydrogens is 509 g/mol. The number of ether oxygens (including phenoxy) is 1. The van der Waals surface area contributed by atoms with Crippen molar-refractivity contribution in [3.63, 3.8) is 0 Å². The largest absolute Gasteiger partial charge is 0.369 e. The van der Waals surface area contributed by atoms with Crippen LogP contribution in [0.25, 0.3) is 11.2 Å². The van der Waals surface area contributed by atoms with Crippen molar-refractivity contribution in [2.24, 2.45) is 5.92 Å². The number of nitrogens with one attached hydrogen (secondary N) is 1. The first kappa shape index (κ1) is 26.5. The number of nitrogens with zero attached hydrogens (tertiary/aromatic N) is 3. The summed E-state index contributed by atoms with van der Waals surface area (Å²) in [5.74, 6) is -0.163. The number of carbonyl (C=O) groups excluding carboxylic acids is 1. The minimum atomic E-state index is -3.78. The highest BCUT2D eigenvalue weighted by Crippen LogP contribution is 2.49. The Labute approximate surface area is 212 Å². The molecule has 13 heteroatoms. The van der Waals surface area contributed by atoms with E-state index in [4.69, 9.17) is 31.1 Å². The maximum absolute atomic E-state index is 13.5. The number of fused-ring (bicyclic) bond motifs is 1. The molecule has 1 saturated carbocycles. The van der Waals surface area contributed by atoms with Crippen molar-refractivity contribution in [3.8, 4) is 0 Å². The molecule has 1 fully saturated rings. The molecule has 2 heterocycles. The quantitative estimate of drug-likeness (QED) is 0.259. The Morgan fingerprint density at radius 1 is 1.25 bits per heavy atom. The van der Waals surface area contributed by atoms with Crippen LogP contribution < -0.4 is 11.3 Å². The number of aromatic amines is 1. The van der Waals surface area contributed by atoms with Crippen molar-refractivity contribution >= 4 is 42.1 Å². The highest BCUT2D eigenvalue weighted by molar-refractivity contribution is 7.53. The van der Waals surface area contributed by atoms with Gasteiger partial charge >= 0.3 is 7.60 Å². The predicted octanol–water partition coefficient (Wildman–Crippen LogP) is 3.91. The number of nitrogen functional groups attached to an aromatic ring is 1. The lowest BCUT2D eigenvalue weighted by atomic mass is 9.86. The van der Waals surface area contributed by atoms with Crippen LogP contribution in [0.5, 0.6) is 0 Å². The molecule has 0 saturated heterocycles. The fourth-order valence-corrected chi connectivity index (χ4v) is 5.55. The summed E-state index contributed by atoms with van der Waals surface area (Å²) in [6.45, 7) is 0.0575. The Morgan fingerprint density at radius 3 is 2.83 bits per heavy atom. The molecule has 3 aromatic rings. The Balaban J connectivity index is 1.37. The fourth-order valence-electron chi connectivity index (χ4n) is 4.09. The third kappa shape index (κ3) is 7.02. The minimum Gasteiger partial charge on any atom is -0.369 e. The van der Waals surface area contributed by atoms with E-state index < -0.39 is 13.2 Å². The molecule has 1 atom stereocenters. The molecule has 0 bridgehead atoms. The van der Waals surface area contributed by atoms with Gasteiger partial charge in [0.25, 0.3) is 5.56 Å². The first-order valence-electron chi connectivity index (χ1n) is 11.8. The molecule has 1 aliphatic carbocycles. The topological polar surface area (TPSA) is 151 Å². The fraction of sp³-hybridized carbons (Fsp3) is 0.478. The van der Waals surface area contributed by atoms with Crippen LogP contribution in [-0.2, 0) is 36.3 Å². The van der Waals surface area contributed by atoms with E-state index in [1.54, 1.807) is 28.8 Å². The van der Waals surface area contributed by atoms with Crippen molar-refractivity contribution in [2.45, 2.75) is 45.3 Å². The Kier molecular flexibility index (Phi) is 8.92. The number of benzene rings is 1. The van der Waals surface area contributed by atoms with Crippen molar-refractivity contribution in [2.75, 3.05) is 25.3 Å². The zero-order valence-electron chi connectivity index (χ0n) is 19.7. The molecule has 0 aliphatic heterocycles. The van der Waals surface area contributed by atoms with Crippen LogP contribution in [0.4, 0.5) is 5.95 Å². The van der Waals surface area contributed by atoms with Gasteiger partial charge in [0, 0.05) is 17.5 Å². The number of ketones is 1. The first-order chi connectivity index (χ1) is 17.3. The number of hydrogen-bond donors (Lipinski definition) is 2. The predicted molar refractivity (Wildman–Crippen MR) is 135 cm³/mol. The lowest BCUT2D eigenvalue weighted by molar-refractivity contribution is -0.126. The zero-order chi connectivity index (χ0) is 25.5. The van der Waals surface area contributed by atoms with Gasteiger partial charge in [-0.2, -0.15) is 4.98 Å². The van der Waals surface area contributed by atoms with Crippen LogP contribution in [0.3, 0.4) is 0 Å². The third-order valence-corrected chi connectivity index (χ3v) is 7.78. The van der Waals surface area contributed by atoms with Gasteiger partial charge in [-0.1, -0.05) is 43.0 Å². The Morgan fingerprint density at radius 2 is 2.06 bits per heavy atom. The summed E-state index contributed by atoms with van der Waals surface area (Å²) in [6.07, 6.45) is 5.90. The van der Waals surface area contributed by atoms with Crippen LogP contribution in [0.15, 0.2) is 35.4 Å². The monoisotopic (exact) mass is 537 g/mol. The number of Topliss-reactive ketones (excluding diaryl/α,β-unsaturated/α-hetero) is 1. The molecule has 36 heavy (non-hydrogen) atoms. The summed E-state index contributed by atoms with van der Waals surface area (Å²) in [5.41, 5.74) is 6.37. The first-order valence-corrected chi connectivity index (χ1v) is 13.9. The number of nitrogens with two attached hydrogens (primary N) is 1. The molecular formula is C23H29ClN5O6P. The summed E-state index contributed by atoms with van der Waals surface area (Å²) in [5, 5.41) is 0.524. The van der Waals surface area contributed by atoms with Crippen molar-refractivity contribution < 1.29 is 23.1 Å². The summed E-state index contributed by atoms with van der Waals surface area (Å²) in [7, 11) is -3.78. The average molecular weight is 538 g/mol. The number of halogens is 1. The number of anilines is 1. The van der Waals surface area contributed by atoms with Gasteiger partial charge in [0.15, 0.2) is 16.9 Å². The smallest absolute Gasteiger partial charge is 0.356 e. The number of hydrogen-bond acceptors (Lipinski definition) is 9. The van der Waals surface area contributed by atoms with E-state index in [9.17, 15) is 14.2 Å². The molecule has 0 spiro atoms. The number of imidazole rings is 1. The second-order valence-corrected chi connectivity index (χ2v) is 11.1. The Hall–Kier alpha value is -2.56. The van der Waals surface area contributed by atoms with Gasteiger partial charge in [0.05, 0.1) is 19.5 Å². The molecule has 1 unspecified atom stereocenters. The molecule has 2 aromatic heterocycles. The second-order valence-electron chi connectivity index (χ2n) is 8.69. The molecule has 0 radical (unpaired) electrons. The van der Waals surface area contributed by atoms with E-state index in [-0.39, 0.29) is 55.9 Å². The standard InChI is InChI=1S/C23H29ClN5O6P/c24-18-8-4-5-16(11-18)12-34-36(32,35-13-19(30)17-6-2-1-3-7-17)15-33-10-9-29-14-26-20-21(29)27-23(25)28-22(20)31/h4-5,8,11,14,17H,1-3,6-7,9-10,12-13,15H2,(H3,25,27,28,31). The lowest BCUT2D eigenvalue weighted by Gasteiger charge is -2.22. The van der Waals surface area contributed by atoms with Gasteiger partial charge in [-0.05, 0) is 30.5 Å². The molecule has 0 amide bonds. The molecule has 1 aliphatic rings. The van der Waals surface area contributed by atoms with Gasteiger partial charge in [-0.3, -0.25) is 23.7 Å². The van der Waals surface area contributed by atoms with Crippen molar-refractivity contribution in [1.29, 1.82) is 0 Å². The van der Waals surface area contributed by atoms with Gasteiger partial charge < -0.3 is 19.6 Å². The van der Waals surface area contributed by atoms with Gasteiger partial charge in [0.1, 0.15) is 13.0 Å². The van der Waals surface area contributed by atoms with E-state index >= 15 is 0 Å². The molecule has 4 rings (SSSR count). The SMILES string of the molecule is Nc1nc2c(ncn2CCOCP(=O)(OCC(=O)C2CCCCC2)OCc2cccc(Cl)c2)c(=O)[nH]1. The van der Waals surface area contributed by atoms with Crippen LogP contribution in [0, 0.1) is 5.92 Å². The highest BCUT2D eigenvalue weighted by Gasteiger charge is 2.29. The van der Waals surface area contributed by atoms with Crippen LogP contribution in [0.2, 0.25) is 5.02 Å². The van der Waals surface area contributed by atoms with E-state index in [1.807, 2.05) is 0 Å². The zero-order valence-corrected chi connectivity index (χ0v) is 21.4. The van der Waals surface area contributed by atoms with E-state index in [2.05, 4.69) is 15.0 Å². The van der Waals surface area contributed by atoms with Crippen LogP contribution in [-0.4, -0.2) is 44.9 Å². The van der Waals surface area contributed by atoms with Crippen molar-refractivity contribution in [1.82, 2.24) is 19.5 Å². The average Bonchev–Trinajstić information content (AvgIpc) is 3.28. The van der Waals surface area contributed by atoms with E-state index in [0.717, 1.165) is 32.1 Å². The summed E-state index contributed by atoms with van der Waals surface area (Å²) in [4.78, 5) is 35.1. The minimum absolute atomic E-state index is 0.0169. The lowest BCUT2D eigenvalue weighted by Crippen LogP contribution is -2.22. The van der Waals surface area contributed by atoms with E-state index in [0.29, 0.717) is 16.2 Å². The number of H-pyrrole nitrogens is 1. The normalized spacial score (nSPS) is 16.2. The van der Waals surface area contributed by atoms with E-state index in [1.165, 1.54) is 6.33 Å². The second kappa shape index (κ2) is 12.1. The molecule has 194 valence electrons. The molecule has 3 N–H and O–H groups in total. The van der Waals surface area contributed by atoms with Gasteiger partial charge in [0.2, 0.25) is 5.95 Å². The Bertz CT molecular complexity index is 1310. The third-order valence-electron chi connectivity index (χ3n) is 6.00. The summed E-state index contributed by atoms with van der Waals surface area (Å²) >= 11 is 6.03. The van der Waals surface area contributed by atoms with Gasteiger partial charge in [-0.15, -0.1) is 0 Å². The molecule has 1 aromatic carbocycles. The summed E-state index contributed by atoms with van der Waals surface area (Å²) < 4.78 is 31.9.